The van der Waals surface area contributed by atoms with Gasteiger partial charge in [-0.3, -0.25) is 0 Å². The van der Waals surface area contributed by atoms with E-state index in [1.54, 1.807) is 18.9 Å². The van der Waals surface area contributed by atoms with Gasteiger partial charge < -0.3 is 9.47 Å². The molecule has 156 valence electrons. The SMILES string of the molecule is CCOC(/C(C#CCCCCOC)=C/C#CCSc1ccccc1)c1ccccc1. The van der Waals surface area contributed by atoms with E-state index in [9.17, 15) is 0 Å². The molecule has 0 radical (unpaired) electrons. The van der Waals surface area contributed by atoms with E-state index in [4.69, 9.17) is 9.47 Å². The molecule has 0 spiro atoms. The van der Waals surface area contributed by atoms with Gasteiger partial charge in [-0.05, 0) is 37.5 Å². The quantitative estimate of drug-likeness (QED) is 0.256. The fourth-order valence-electron chi connectivity index (χ4n) is 2.77. The molecular weight excluding hydrogens is 388 g/mol. The van der Waals surface area contributed by atoms with Gasteiger partial charge in [0, 0.05) is 43.3 Å². The Kier molecular flexibility index (Phi) is 12.3. The maximum Gasteiger partial charge on any atom is 0.116 e. The maximum atomic E-state index is 6.05. The zero-order chi connectivity index (χ0) is 21.3. The van der Waals surface area contributed by atoms with Crippen molar-refractivity contribution in [2.24, 2.45) is 0 Å². The first kappa shape index (κ1) is 23.8. The van der Waals surface area contributed by atoms with Crippen LogP contribution in [0.1, 0.15) is 37.9 Å². The minimum Gasteiger partial charge on any atom is -0.385 e. The molecule has 0 aromatic heterocycles. The second kappa shape index (κ2) is 15.4. The van der Waals surface area contributed by atoms with Crippen LogP contribution in [-0.2, 0) is 9.47 Å². The van der Waals surface area contributed by atoms with Crippen LogP contribution in [0.5, 0.6) is 0 Å². The molecule has 30 heavy (non-hydrogen) atoms. The average molecular weight is 419 g/mol. The molecule has 1 unspecified atom stereocenters. The van der Waals surface area contributed by atoms with Crippen molar-refractivity contribution < 1.29 is 9.47 Å². The van der Waals surface area contributed by atoms with Gasteiger partial charge in [0.25, 0.3) is 0 Å². The summed E-state index contributed by atoms with van der Waals surface area (Å²) in [7, 11) is 1.73. The highest BCUT2D eigenvalue weighted by Crippen LogP contribution is 2.25. The van der Waals surface area contributed by atoms with Gasteiger partial charge in [-0.25, -0.2) is 0 Å². The van der Waals surface area contributed by atoms with Gasteiger partial charge in [0.1, 0.15) is 6.10 Å². The van der Waals surface area contributed by atoms with Crippen molar-refractivity contribution in [1.82, 2.24) is 0 Å². The Morgan fingerprint density at radius 2 is 1.73 bits per heavy atom. The molecule has 0 N–H and O–H groups in total. The van der Waals surface area contributed by atoms with Gasteiger partial charge in [0.15, 0.2) is 0 Å². The fourth-order valence-corrected chi connectivity index (χ4v) is 3.44. The minimum atomic E-state index is -0.196. The van der Waals surface area contributed by atoms with Crippen molar-refractivity contribution >= 4 is 11.8 Å². The second-order valence-electron chi connectivity index (χ2n) is 6.52. The Hall–Kier alpha value is -2.43. The van der Waals surface area contributed by atoms with E-state index in [2.05, 4.69) is 47.9 Å². The molecule has 0 saturated carbocycles. The zero-order valence-electron chi connectivity index (χ0n) is 17.9. The number of rotatable bonds is 10. The molecular formula is C27H30O2S. The molecule has 0 aliphatic carbocycles. The minimum absolute atomic E-state index is 0.196. The van der Waals surface area contributed by atoms with Gasteiger partial charge in [-0.15, -0.1) is 11.8 Å². The fraction of sp³-hybridized carbons (Fsp3) is 0.333. The molecule has 1 atom stereocenters. The number of unbranched alkanes of at least 4 members (excludes halogenated alkanes) is 2. The van der Waals surface area contributed by atoms with Crippen LogP contribution in [0, 0.1) is 23.7 Å². The van der Waals surface area contributed by atoms with E-state index < -0.39 is 0 Å². The third-order valence-corrected chi connectivity index (χ3v) is 5.13. The summed E-state index contributed by atoms with van der Waals surface area (Å²) < 4.78 is 11.2. The van der Waals surface area contributed by atoms with E-state index in [1.165, 1.54) is 4.90 Å². The van der Waals surface area contributed by atoms with Gasteiger partial charge in [-0.1, -0.05) is 72.2 Å². The van der Waals surface area contributed by atoms with Crippen molar-refractivity contribution in [1.29, 1.82) is 0 Å². The lowest BCUT2D eigenvalue weighted by molar-refractivity contribution is 0.0917. The van der Waals surface area contributed by atoms with Crippen molar-refractivity contribution in [3.05, 3.63) is 77.9 Å². The maximum absolute atomic E-state index is 6.05. The Balaban J connectivity index is 2.12. The second-order valence-corrected chi connectivity index (χ2v) is 7.57. The Bertz CT molecular complexity index is 867. The summed E-state index contributed by atoms with van der Waals surface area (Å²) in [5, 5.41) is 0. The Labute approximate surface area is 186 Å². The topological polar surface area (TPSA) is 18.5 Å². The van der Waals surface area contributed by atoms with Crippen LogP contribution >= 0.6 is 11.8 Å². The lowest BCUT2D eigenvalue weighted by Gasteiger charge is -2.17. The van der Waals surface area contributed by atoms with E-state index >= 15 is 0 Å². The Morgan fingerprint density at radius 3 is 2.43 bits per heavy atom. The van der Waals surface area contributed by atoms with Crippen LogP contribution in [0.25, 0.3) is 0 Å². The third-order valence-electron chi connectivity index (χ3n) is 4.24. The van der Waals surface area contributed by atoms with Crippen LogP contribution in [0.2, 0.25) is 0 Å². The number of allylic oxidation sites excluding steroid dienone is 1. The number of thioether (sulfide) groups is 1. The molecule has 2 aromatic carbocycles. The highest BCUT2D eigenvalue weighted by atomic mass is 32.2. The van der Waals surface area contributed by atoms with Gasteiger partial charge in [0.2, 0.25) is 0 Å². The van der Waals surface area contributed by atoms with E-state index in [0.29, 0.717) is 6.61 Å². The van der Waals surface area contributed by atoms with Crippen molar-refractivity contribution in [2.75, 3.05) is 26.1 Å². The van der Waals surface area contributed by atoms with Crippen LogP contribution in [0.4, 0.5) is 0 Å². The summed E-state index contributed by atoms with van der Waals surface area (Å²) in [6.07, 6.45) is 4.61. The van der Waals surface area contributed by atoms with Crippen LogP contribution in [0.15, 0.2) is 77.2 Å². The number of methoxy groups -OCH3 is 1. The summed E-state index contributed by atoms with van der Waals surface area (Å²) in [4.78, 5) is 1.23. The first-order valence-corrected chi connectivity index (χ1v) is 11.3. The predicted molar refractivity (Wildman–Crippen MR) is 127 cm³/mol. The van der Waals surface area contributed by atoms with Crippen molar-refractivity contribution in [2.45, 2.75) is 37.2 Å². The smallest absolute Gasteiger partial charge is 0.116 e. The summed E-state index contributed by atoms with van der Waals surface area (Å²) in [5.74, 6) is 13.8. The predicted octanol–water partition coefficient (Wildman–Crippen LogP) is 6.31. The molecule has 0 saturated heterocycles. The third kappa shape index (κ3) is 9.38. The molecule has 2 aromatic rings. The van der Waals surface area contributed by atoms with Crippen molar-refractivity contribution in [3.63, 3.8) is 0 Å². The van der Waals surface area contributed by atoms with E-state index in [1.807, 2.05) is 49.4 Å². The first-order chi connectivity index (χ1) is 14.8. The molecule has 0 fully saturated rings. The Morgan fingerprint density at radius 1 is 1.00 bits per heavy atom. The molecule has 0 bridgehead atoms. The van der Waals surface area contributed by atoms with Gasteiger partial charge >= 0.3 is 0 Å². The van der Waals surface area contributed by atoms with E-state index in [0.717, 1.165) is 42.8 Å². The van der Waals surface area contributed by atoms with E-state index in [-0.39, 0.29) is 6.10 Å². The summed E-state index contributed by atoms with van der Waals surface area (Å²) >= 11 is 1.73. The van der Waals surface area contributed by atoms with Crippen LogP contribution in [-0.4, -0.2) is 26.1 Å². The lowest BCUT2D eigenvalue weighted by atomic mass is 10.0. The molecule has 3 heteroatoms. The monoisotopic (exact) mass is 418 g/mol. The number of hydrogen-bond acceptors (Lipinski definition) is 3. The van der Waals surface area contributed by atoms with Crippen LogP contribution in [0.3, 0.4) is 0 Å². The standard InChI is InChI=1S/C27H30O2S/c1-3-29-27(24-17-9-6-10-18-24)25(16-8-4-5-14-22-28-2)19-13-15-23-30-26-20-11-7-12-21-26/h6-7,9-12,17-21,27H,3-5,14,22-23H2,1-2H3/b25-19+. The summed E-state index contributed by atoms with van der Waals surface area (Å²) in [5.41, 5.74) is 2.01. The van der Waals surface area contributed by atoms with Gasteiger partial charge in [0.05, 0.1) is 5.75 Å². The number of ether oxygens (including phenoxy) is 2. The average Bonchev–Trinajstić information content (AvgIpc) is 2.79. The largest absolute Gasteiger partial charge is 0.385 e. The lowest BCUT2D eigenvalue weighted by Crippen LogP contribution is -2.06. The summed E-state index contributed by atoms with van der Waals surface area (Å²) in [6, 6.07) is 20.5. The molecule has 0 aliphatic heterocycles. The molecule has 2 rings (SSSR count). The first-order valence-electron chi connectivity index (χ1n) is 10.4. The van der Waals surface area contributed by atoms with Crippen LogP contribution < -0.4 is 0 Å². The van der Waals surface area contributed by atoms with Gasteiger partial charge in [-0.2, -0.15) is 0 Å². The number of hydrogen-bond donors (Lipinski definition) is 0. The molecule has 0 amide bonds. The molecule has 0 heterocycles. The summed E-state index contributed by atoms with van der Waals surface area (Å²) in [6.45, 7) is 3.40. The molecule has 0 aliphatic rings. The highest BCUT2D eigenvalue weighted by Gasteiger charge is 2.15. The van der Waals surface area contributed by atoms with Crippen molar-refractivity contribution in [3.8, 4) is 23.7 Å². The zero-order valence-corrected chi connectivity index (χ0v) is 18.7. The molecule has 2 nitrogen and oxygen atoms in total. The highest BCUT2D eigenvalue weighted by molar-refractivity contribution is 7.99. The number of benzene rings is 2. The normalized spacial score (nSPS) is 11.7.